The second-order valence-electron chi connectivity index (χ2n) is 3.94. The zero-order valence-corrected chi connectivity index (χ0v) is 6.47. The standard InChI is InChI=1S/C9H16O/c10-9(6-3-7-9)8-4-1-2-5-8/h8,10H,1-7H2. The van der Waals surface area contributed by atoms with Crippen LogP contribution in [-0.2, 0) is 0 Å². The Morgan fingerprint density at radius 3 is 2.00 bits per heavy atom. The summed E-state index contributed by atoms with van der Waals surface area (Å²) in [6.07, 6.45) is 8.70. The van der Waals surface area contributed by atoms with E-state index in [-0.39, 0.29) is 5.60 Å². The van der Waals surface area contributed by atoms with Crippen molar-refractivity contribution in [2.45, 2.75) is 50.5 Å². The van der Waals surface area contributed by atoms with Crippen molar-refractivity contribution < 1.29 is 5.11 Å². The van der Waals surface area contributed by atoms with E-state index in [0.29, 0.717) is 5.92 Å². The third kappa shape index (κ3) is 0.878. The van der Waals surface area contributed by atoms with Crippen LogP contribution in [-0.4, -0.2) is 10.7 Å². The van der Waals surface area contributed by atoms with Gasteiger partial charge in [-0.3, -0.25) is 0 Å². The van der Waals surface area contributed by atoms with Gasteiger partial charge in [0.25, 0.3) is 0 Å². The number of rotatable bonds is 1. The van der Waals surface area contributed by atoms with Crippen LogP contribution in [0.15, 0.2) is 0 Å². The molecule has 0 aromatic rings. The average Bonchev–Trinajstić information content (AvgIpc) is 2.33. The maximum Gasteiger partial charge on any atom is 0.0675 e. The Bertz CT molecular complexity index is 121. The quantitative estimate of drug-likeness (QED) is 0.591. The Labute approximate surface area is 62.4 Å². The lowest BCUT2D eigenvalue weighted by Gasteiger charge is -2.41. The molecule has 0 aromatic heterocycles. The highest BCUT2D eigenvalue weighted by atomic mass is 16.3. The minimum absolute atomic E-state index is 0.198. The normalized spacial score (nSPS) is 32.1. The van der Waals surface area contributed by atoms with Crippen molar-refractivity contribution in [3.8, 4) is 0 Å². The van der Waals surface area contributed by atoms with Crippen molar-refractivity contribution in [1.82, 2.24) is 0 Å². The topological polar surface area (TPSA) is 20.2 Å². The Morgan fingerprint density at radius 1 is 1.00 bits per heavy atom. The van der Waals surface area contributed by atoms with Gasteiger partial charge in [-0.15, -0.1) is 0 Å². The molecule has 58 valence electrons. The highest BCUT2D eigenvalue weighted by Crippen LogP contribution is 2.45. The smallest absolute Gasteiger partial charge is 0.0675 e. The average molecular weight is 140 g/mol. The summed E-state index contributed by atoms with van der Waals surface area (Å²) in [6, 6.07) is 0. The first-order valence-corrected chi connectivity index (χ1v) is 4.54. The zero-order chi connectivity index (χ0) is 7.03. The number of hydrogen-bond donors (Lipinski definition) is 1. The van der Waals surface area contributed by atoms with Gasteiger partial charge in [0, 0.05) is 0 Å². The van der Waals surface area contributed by atoms with Crippen LogP contribution in [0.1, 0.15) is 44.9 Å². The van der Waals surface area contributed by atoms with E-state index in [1.165, 1.54) is 32.1 Å². The molecule has 10 heavy (non-hydrogen) atoms. The molecule has 0 aliphatic heterocycles. The van der Waals surface area contributed by atoms with Crippen LogP contribution in [0.3, 0.4) is 0 Å². The van der Waals surface area contributed by atoms with Gasteiger partial charge in [-0.2, -0.15) is 0 Å². The van der Waals surface area contributed by atoms with Gasteiger partial charge in [-0.25, -0.2) is 0 Å². The van der Waals surface area contributed by atoms with Crippen LogP contribution >= 0.6 is 0 Å². The van der Waals surface area contributed by atoms with Crippen molar-refractivity contribution in [2.24, 2.45) is 5.92 Å². The molecular formula is C9H16O. The monoisotopic (exact) mass is 140 g/mol. The first-order chi connectivity index (χ1) is 4.81. The lowest BCUT2D eigenvalue weighted by Crippen LogP contribution is -2.43. The fraction of sp³-hybridized carbons (Fsp3) is 1.00. The Kier molecular flexibility index (Phi) is 1.48. The molecule has 0 amide bonds. The van der Waals surface area contributed by atoms with E-state index < -0.39 is 0 Å². The Hall–Kier alpha value is -0.0400. The predicted octanol–water partition coefficient (Wildman–Crippen LogP) is 2.09. The summed E-state index contributed by atoms with van der Waals surface area (Å²) >= 11 is 0. The summed E-state index contributed by atoms with van der Waals surface area (Å²) in [5, 5.41) is 9.91. The third-order valence-corrected chi connectivity index (χ3v) is 3.33. The Morgan fingerprint density at radius 2 is 1.60 bits per heavy atom. The van der Waals surface area contributed by atoms with Crippen LogP contribution in [0.5, 0.6) is 0 Å². The minimum atomic E-state index is -0.198. The molecule has 2 aliphatic carbocycles. The molecule has 0 atom stereocenters. The molecule has 0 unspecified atom stereocenters. The van der Waals surface area contributed by atoms with Gasteiger partial charge >= 0.3 is 0 Å². The molecule has 0 bridgehead atoms. The lowest BCUT2D eigenvalue weighted by molar-refractivity contribution is -0.0812. The van der Waals surface area contributed by atoms with Crippen LogP contribution in [0.4, 0.5) is 0 Å². The van der Waals surface area contributed by atoms with Gasteiger partial charge in [0.1, 0.15) is 0 Å². The first-order valence-electron chi connectivity index (χ1n) is 4.54. The largest absolute Gasteiger partial charge is 0.390 e. The summed E-state index contributed by atoms with van der Waals surface area (Å²) in [6.45, 7) is 0. The van der Waals surface area contributed by atoms with Crippen molar-refractivity contribution in [1.29, 1.82) is 0 Å². The SMILES string of the molecule is OC1(C2CCCC2)CCC1. The molecule has 0 saturated heterocycles. The molecule has 0 aromatic carbocycles. The fourth-order valence-electron chi connectivity index (χ4n) is 2.41. The molecule has 2 saturated carbocycles. The molecule has 1 nitrogen and oxygen atoms in total. The van der Waals surface area contributed by atoms with E-state index in [0.717, 1.165) is 12.8 Å². The highest BCUT2D eigenvalue weighted by Gasteiger charge is 2.42. The Balaban J connectivity index is 1.96. The highest BCUT2D eigenvalue weighted by molar-refractivity contribution is 4.95. The van der Waals surface area contributed by atoms with Gasteiger partial charge in [-0.1, -0.05) is 12.8 Å². The van der Waals surface area contributed by atoms with E-state index in [2.05, 4.69) is 0 Å². The first kappa shape index (κ1) is 6.66. The maximum atomic E-state index is 9.91. The van der Waals surface area contributed by atoms with Crippen LogP contribution in [0.2, 0.25) is 0 Å². The van der Waals surface area contributed by atoms with Crippen molar-refractivity contribution in [3.05, 3.63) is 0 Å². The summed E-state index contributed by atoms with van der Waals surface area (Å²) in [4.78, 5) is 0. The molecule has 0 radical (unpaired) electrons. The van der Waals surface area contributed by atoms with E-state index in [1.54, 1.807) is 0 Å². The molecule has 1 heteroatoms. The molecule has 0 heterocycles. The van der Waals surface area contributed by atoms with Crippen LogP contribution in [0, 0.1) is 5.92 Å². The summed E-state index contributed by atoms with van der Waals surface area (Å²) in [5.74, 6) is 0.668. The molecule has 2 fully saturated rings. The third-order valence-electron chi connectivity index (χ3n) is 3.33. The second kappa shape index (κ2) is 2.23. The molecule has 2 rings (SSSR count). The van der Waals surface area contributed by atoms with Gasteiger partial charge < -0.3 is 5.11 Å². The van der Waals surface area contributed by atoms with Crippen LogP contribution in [0.25, 0.3) is 0 Å². The van der Waals surface area contributed by atoms with Gasteiger partial charge in [-0.05, 0) is 38.0 Å². The fourth-order valence-corrected chi connectivity index (χ4v) is 2.41. The van der Waals surface area contributed by atoms with Gasteiger partial charge in [0.2, 0.25) is 0 Å². The summed E-state index contributed by atoms with van der Waals surface area (Å²) < 4.78 is 0. The van der Waals surface area contributed by atoms with Crippen molar-refractivity contribution in [2.75, 3.05) is 0 Å². The summed E-state index contributed by atoms with van der Waals surface area (Å²) in [7, 11) is 0. The predicted molar refractivity (Wildman–Crippen MR) is 40.8 cm³/mol. The maximum absolute atomic E-state index is 9.91. The zero-order valence-electron chi connectivity index (χ0n) is 6.47. The second-order valence-corrected chi connectivity index (χ2v) is 3.94. The molecule has 2 aliphatic rings. The summed E-state index contributed by atoms with van der Waals surface area (Å²) in [5.41, 5.74) is -0.198. The number of hydrogen-bond acceptors (Lipinski definition) is 1. The van der Waals surface area contributed by atoms with E-state index >= 15 is 0 Å². The van der Waals surface area contributed by atoms with Gasteiger partial charge in [0.05, 0.1) is 5.60 Å². The van der Waals surface area contributed by atoms with Gasteiger partial charge in [0.15, 0.2) is 0 Å². The minimum Gasteiger partial charge on any atom is -0.390 e. The van der Waals surface area contributed by atoms with E-state index in [4.69, 9.17) is 0 Å². The molecule has 1 N–H and O–H groups in total. The van der Waals surface area contributed by atoms with E-state index in [1.807, 2.05) is 0 Å². The molecule has 0 spiro atoms. The van der Waals surface area contributed by atoms with Crippen molar-refractivity contribution in [3.63, 3.8) is 0 Å². The van der Waals surface area contributed by atoms with E-state index in [9.17, 15) is 5.11 Å². The van der Waals surface area contributed by atoms with Crippen LogP contribution < -0.4 is 0 Å². The van der Waals surface area contributed by atoms with Crippen molar-refractivity contribution >= 4 is 0 Å². The number of aliphatic hydroxyl groups is 1. The lowest BCUT2D eigenvalue weighted by atomic mass is 9.70. The molecular weight excluding hydrogens is 124 g/mol.